The van der Waals surface area contributed by atoms with Crippen LogP contribution in [-0.4, -0.2) is 0 Å². The Bertz CT molecular complexity index is 51.1. The van der Waals surface area contributed by atoms with Crippen molar-refractivity contribution in [3.63, 3.8) is 0 Å². The van der Waals surface area contributed by atoms with Crippen LogP contribution in [0.3, 0.4) is 0 Å². The molecule has 0 aliphatic rings. The van der Waals surface area contributed by atoms with Crippen molar-refractivity contribution >= 4 is 0 Å². The average Bonchev–Trinajstić information content (AvgIpc) is 1.61. The van der Waals surface area contributed by atoms with Crippen molar-refractivity contribution in [2.45, 2.75) is 13.3 Å². The van der Waals surface area contributed by atoms with E-state index in [0.29, 0.717) is 0 Å². The quantitative estimate of drug-likeness (QED) is 0.445. The molecular formula is C6H9. The van der Waals surface area contributed by atoms with Gasteiger partial charge in [-0.25, -0.2) is 0 Å². The Hall–Kier alpha value is -0.520. The summed E-state index contributed by atoms with van der Waals surface area (Å²) in [5.74, 6) is 0. The van der Waals surface area contributed by atoms with Gasteiger partial charge < -0.3 is 0 Å². The predicted molar refractivity (Wildman–Crippen MR) is 28.3 cm³/mol. The Balaban J connectivity index is 2.85. The smallest absolute Gasteiger partial charge is 0.0166 e. The van der Waals surface area contributed by atoms with Crippen LogP contribution in [0.1, 0.15) is 13.3 Å². The minimum absolute atomic E-state index is 0.885. The Kier molecular flexibility index (Phi) is 4.09. The van der Waals surface area contributed by atoms with Crippen molar-refractivity contribution in [1.29, 1.82) is 0 Å². The monoisotopic (exact) mass is 81.1 g/mol. The lowest BCUT2D eigenvalue weighted by Crippen LogP contribution is -1.48. The molecule has 0 saturated carbocycles. The molecule has 0 N–H and O–H groups in total. The third-order valence-electron chi connectivity index (χ3n) is 0.508. The highest BCUT2D eigenvalue weighted by Crippen LogP contribution is 1.78. The maximum Gasteiger partial charge on any atom is -0.0166 e. The van der Waals surface area contributed by atoms with E-state index in [1.807, 2.05) is 19.1 Å². The fourth-order valence-corrected chi connectivity index (χ4v) is 0.215. The molecule has 0 spiro atoms. The summed E-state index contributed by atoms with van der Waals surface area (Å²) in [6, 6.07) is 0. The van der Waals surface area contributed by atoms with E-state index < -0.39 is 0 Å². The second kappa shape index (κ2) is 4.48. The summed E-state index contributed by atoms with van der Waals surface area (Å²) in [5, 5.41) is 0. The summed E-state index contributed by atoms with van der Waals surface area (Å²) in [6.45, 7) is 7.01. The van der Waals surface area contributed by atoms with Crippen LogP contribution in [0, 0.1) is 6.58 Å². The predicted octanol–water partition coefficient (Wildman–Crippen LogP) is 1.94. The molecule has 0 heteroatoms. The van der Waals surface area contributed by atoms with Crippen molar-refractivity contribution in [2.75, 3.05) is 0 Å². The van der Waals surface area contributed by atoms with Gasteiger partial charge in [0.15, 0.2) is 0 Å². The molecule has 0 aliphatic heterocycles. The first-order valence-electron chi connectivity index (χ1n) is 2.06. The summed E-state index contributed by atoms with van der Waals surface area (Å²) in [4.78, 5) is 0. The average molecular weight is 81.1 g/mol. The summed E-state index contributed by atoms with van der Waals surface area (Å²) >= 11 is 0. The van der Waals surface area contributed by atoms with Crippen LogP contribution >= 0.6 is 0 Å². The first-order valence-corrected chi connectivity index (χ1v) is 2.06. The molecule has 0 aromatic rings. The molecule has 0 heterocycles. The van der Waals surface area contributed by atoms with Crippen LogP contribution in [0.5, 0.6) is 0 Å². The van der Waals surface area contributed by atoms with E-state index in [1.54, 1.807) is 6.08 Å². The number of allylic oxidation sites excluding steroid dienone is 3. The van der Waals surface area contributed by atoms with Gasteiger partial charge in [0.1, 0.15) is 0 Å². The van der Waals surface area contributed by atoms with E-state index in [4.69, 9.17) is 6.58 Å². The molecule has 33 valence electrons. The van der Waals surface area contributed by atoms with Crippen LogP contribution in [0.2, 0.25) is 0 Å². The van der Waals surface area contributed by atoms with Gasteiger partial charge in [0.25, 0.3) is 0 Å². The Morgan fingerprint density at radius 2 is 2.33 bits per heavy atom. The lowest BCUT2D eigenvalue weighted by Gasteiger charge is -1.69. The maximum atomic E-state index is 5.04. The van der Waals surface area contributed by atoms with Crippen molar-refractivity contribution in [3.8, 4) is 0 Å². The van der Waals surface area contributed by atoms with E-state index in [-0.39, 0.29) is 0 Å². The molecule has 1 radical (unpaired) electrons. The van der Waals surface area contributed by atoms with Gasteiger partial charge in [-0.1, -0.05) is 24.8 Å². The topological polar surface area (TPSA) is 0 Å². The summed E-state index contributed by atoms with van der Waals surface area (Å²) in [5.41, 5.74) is 0. The molecule has 0 aromatic heterocycles. The van der Waals surface area contributed by atoms with Gasteiger partial charge in [-0.05, 0) is 13.3 Å². The van der Waals surface area contributed by atoms with Crippen LogP contribution in [0.4, 0.5) is 0 Å². The highest BCUT2D eigenvalue weighted by molar-refractivity contribution is 4.83. The summed E-state index contributed by atoms with van der Waals surface area (Å²) in [7, 11) is 0. The minimum Gasteiger partial charge on any atom is -0.0914 e. The van der Waals surface area contributed by atoms with Gasteiger partial charge in [-0.15, -0.1) is 0 Å². The molecule has 0 unspecified atom stereocenters. The Morgan fingerprint density at radius 3 is 2.50 bits per heavy atom. The molecular weight excluding hydrogens is 72.1 g/mol. The molecule has 0 amide bonds. The third kappa shape index (κ3) is 3.48. The second-order valence-electron chi connectivity index (χ2n) is 1.04. The van der Waals surface area contributed by atoms with Crippen molar-refractivity contribution in [3.05, 3.63) is 24.8 Å². The first-order chi connectivity index (χ1) is 2.91. The van der Waals surface area contributed by atoms with Crippen LogP contribution in [-0.2, 0) is 0 Å². The van der Waals surface area contributed by atoms with E-state index in [9.17, 15) is 0 Å². The highest BCUT2D eigenvalue weighted by atomic mass is 13.6. The zero-order valence-corrected chi connectivity index (χ0v) is 4.02. The van der Waals surface area contributed by atoms with E-state index >= 15 is 0 Å². The van der Waals surface area contributed by atoms with Crippen molar-refractivity contribution in [1.82, 2.24) is 0 Å². The SMILES string of the molecule is [CH]=CC/C=C/C. The lowest BCUT2D eigenvalue weighted by molar-refractivity contribution is 1.39. The highest BCUT2D eigenvalue weighted by Gasteiger charge is 1.58. The maximum absolute atomic E-state index is 5.04. The van der Waals surface area contributed by atoms with Crippen LogP contribution in [0.15, 0.2) is 18.2 Å². The Labute approximate surface area is 39.2 Å². The van der Waals surface area contributed by atoms with E-state index in [1.165, 1.54) is 0 Å². The van der Waals surface area contributed by atoms with Crippen LogP contribution < -0.4 is 0 Å². The number of rotatable bonds is 2. The Morgan fingerprint density at radius 1 is 1.67 bits per heavy atom. The molecule has 0 fully saturated rings. The molecule has 6 heavy (non-hydrogen) atoms. The standard InChI is InChI=1S/C6H9/c1-3-5-6-4-2/h1,3-4,6H,5H2,2H3/b3-1?,6-4+. The number of hydrogen-bond donors (Lipinski definition) is 0. The summed E-state index contributed by atoms with van der Waals surface area (Å²) < 4.78 is 0. The fraction of sp³-hybridized carbons (Fsp3) is 0.333. The molecule has 0 aliphatic carbocycles. The van der Waals surface area contributed by atoms with Gasteiger partial charge >= 0.3 is 0 Å². The third-order valence-corrected chi connectivity index (χ3v) is 0.508. The molecule has 0 aromatic carbocycles. The summed E-state index contributed by atoms with van der Waals surface area (Å²) in [6.07, 6.45) is 6.49. The normalized spacial score (nSPS) is 9.50. The molecule has 0 bridgehead atoms. The van der Waals surface area contributed by atoms with Gasteiger partial charge in [0.2, 0.25) is 0 Å². The van der Waals surface area contributed by atoms with E-state index in [0.717, 1.165) is 6.42 Å². The molecule has 0 nitrogen and oxygen atoms in total. The largest absolute Gasteiger partial charge is 0.0914 e. The van der Waals surface area contributed by atoms with Gasteiger partial charge in [0, 0.05) is 0 Å². The first kappa shape index (κ1) is 5.48. The van der Waals surface area contributed by atoms with Crippen LogP contribution in [0.25, 0.3) is 0 Å². The molecule has 0 saturated heterocycles. The molecule has 0 rings (SSSR count). The van der Waals surface area contributed by atoms with Gasteiger partial charge in [-0.2, -0.15) is 0 Å². The fourth-order valence-electron chi connectivity index (χ4n) is 0.215. The second-order valence-corrected chi connectivity index (χ2v) is 1.04. The van der Waals surface area contributed by atoms with E-state index in [2.05, 4.69) is 0 Å². The molecule has 0 atom stereocenters. The lowest BCUT2D eigenvalue weighted by atomic mass is 10.4. The van der Waals surface area contributed by atoms with Gasteiger partial charge in [-0.3, -0.25) is 0 Å². The zero-order chi connectivity index (χ0) is 4.83. The van der Waals surface area contributed by atoms with Crippen molar-refractivity contribution < 1.29 is 0 Å². The van der Waals surface area contributed by atoms with Gasteiger partial charge in [0.05, 0.1) is 0 Å². The number of hydrogen-bond acceptors (Lipinski definition) is 0. The van der Waals surface area contributed by atoms with Crippen molar-refractivity contribution in [2.24, 2.45) is 0 Å². The minimum atomic E-state index is 0.885. The zero-order valence-electron chi connectivity index (χ0n) is 4.02.